The van der Waals surface area contributed by atoms with Crippen LogP contribution in [-0.2, 0) is 11.3 Å². The van der Waals surface area contributed by atoms with Crippen LogP contribution in [0, 0.1) is 11.8 Å². The molecule has 2 heterocycles. The average molecular weight is 265 g/mol. The number of likely N-dealkylation sites (tertiary alicyclic amines) is 1. The van der Waals surface area contributed by atoms with Gasteiger partial charge in [0.1, 0.15) is 0 Å². The summed E-state index contributed by atoms with van der Waals surface area (Å²) < 4.78 is 5.38. The number of thiophene rings is 1. The van der Waals surface area contributed by atoms with Gasteiger partial charge >= 0.3 is 0 Å². The Morgan fingerprint density at radius 3 is 3.22 bits per heavy atom. The van der Waals surface area contributed by atoms with Crippen molar-refractivity contribution in [2.24, 2.45) is 0 Å². The van der Waals surface area contributed by atoms with E-state index in [1.807, 2.05) is 0 Å². The lowest BCUT2D eigenvalue weighted by Crippen LogP contribution is -2.22. The van der Waals surface area contributed by atoms with Gasteiger partial charge < -0.3 is 9.84 Å². The molecule has 98 valence electrons. The summed E-state index contributed by atoms with van der Waals surface area (Å²) in [5.41, 5.74) is 1.11. The number of ether oxygens (including phenoxy) is 1. The summed E-state index contributed by atoms with van der Waals surface area (Å²) in [6.07, 6.45) is 2.05. The van der Waals surface area contributed by atoms with Gasteiger partial charge in [-0.1, -0.05) is 11.8 Å². The molecule has 1 fully saturated rings. The van der Waals surface area contributed by atoms with E-state index in [0.717, 1.165) is 31.6 Å². The van der Waals surface area contributed by atoms with Crippen LogP contribution in [0.4, 0.5) is 0 Å². The fourth-order valence-corrected chi connectivity index (χ4v) is 3.00. The molecule has 1 aliphatic rings. The van der Waals surface area contributed by atoms with Gasteiger partial charge in [0.05, 0.1) is 12.7 Å². The second-order valence-electron chi connectivity index (χ2n) is 4.41. The third-order valence-corrected chi connectivity index (χ3v) is 4.04. The van der Waals surface area contributed by atoms with Gasteiger partial charge in [-0.15, -0.1) is 11.3 Å². The van der Waals surface area contributed by atoms with Gasteiger partial charge in [-0.2, -0.15) is 0 Å². The monoisotopic (exact) mass is 265 g/mol. The molecule has 18 heavy (non-hydrogen) atoms. The molecule has 0 spiro atoms. The maximum atomic E-state index is 8.73. The summed E-state index contributed by atoms with van der Waals surface area (Å²) in [5, 5.41) is 10.8. The smallest absolute Gasteiger partial charge is 0.0710 e. The Hall–Kier alpha value is -0.860. The van der Waals surface area contributed by atoms with Crippen molar-refractivity contribution in [1.82, 2.24) is 4.90 Å². The van der Waals surface area contributed by atoms with Gasteiger partial charge in [0.25, 0.3) is 0 Å². The Balaban J connectivity index is 1.94. The standard InChI is InChI=1S/C14H19NO2S/c1-17-13-5-7-15(10-13)11-14-12(6-9-18-14)4-2-3-8-16/h6,9,13,16H,3,5,7-8,10-11H2,1H3. The Kier molecular flexibility index (Phi) is 5.21. The van der Waals surface area contributed by atoms with Crippen LogP contribution in [0.1, 0.15) is 23.3 Å². The highest BCUT2D eigenvalue weighted by molar-refractivity contribution is 7.10. The zero-order chi connectivity index (χ0) is 12.8. The molecule has 1 N–H and O–H groups in total. The molecule has 1 aromatic rings. The van der Waals surface area contributed by atoms with Crippen molar-refractivity contribution in [3.8, 4) is 11.8 Å². The Labute approximate surface area is 112 Å². The minimum atomic E-state index is 0.133. The second-order valence-corrected chi connectivity index (χ2v) is 5.42. The molecule has 0 saturated carbocycles. The normalized spacial score (nSPS) is 19.8. The minimum absolute atomic E-state index is 0.133. The predicted molar refractivity (Wildman–Crippen MR) is 73.6 cm³/mol. The molecule has 1 atom stereocenters. The van der Waals surface area contributed by atoms with Gasteiger partial charge in [0, 0.05) is 43.6 Å². The third-order valence-electron chi connectivity index (χ3n) is 3.13. The second kappa shape index (κ2) is 6.91. The van der Waals surface area contributed by atoms with Crippen LogP contribution in [-0.4, -0.2) is 42.9 Å². The first-order valence-corrected chi connectivity index (χ1v) is 7.12. The quantitative estimate of drug-likeness (QED) is 0.841. The molecule has 3 nitrogen and oxygen atoms in total. The predicted octanol–water partition coefficient (Wildman–Crippen LogP) is 1.70. The number of aliphatic hydroxyl groups excluding tert-OH is 1. The van der Waals surface area contributed by atoms with Crippen LogP contribution in [0.15, 0.2) is 11.4 Å². The number of methoxy groups -OCH3 is 1. The molecule has 0 radical (unpaired) electrons. The molecule has 1 unspecified atom stereocenters. The van der Waals surface area contributed by atoms with E-state index < -0.39 is 0 Å². The molecule has 4 heteroatoms. The zero-order valence-electron chi connectivity index (χ0n) is 10.7. The van der Waals surface area contributed by atoms with Crippen molar-refractivity contribution < 1.29 is 9.84 Å². The summed E-state index contributed by atoms with van der Waals surface area (Å²) in [6, 6.07) is 2.06. The topological polar surface area (TPSA) is 32.7 Å². The Bertz CT molecular complexity index is 432. The summed E-state index contributed by atoms with van der Waals surface area (Å²) in [4.78, 5) is 3.73. The molecule has 1 aromatic heterocycles. The van der Waals surface area contributed by atoms with Gasteiger partial charge in [-0.05, 0) is 17.9 Å². The largest absolute Gasteiger partial charge is 0.395 e. The molecule has 0 aromatic carbocycles. The lowest BCUT2D eigenvalue weighted by Gasteiger charge is -2.14. The third kappa shape index (κ3) is 3.56. The van der Waals surface area contributed by atoms with Gasteiger partial charge in [-0.25, -0.2) is 0 Å². The van der Waals surface area contributed by atoms with Crippen LogP contribution in [0.5, 0.6) is 0 Å². The van der Waals surface area contributed by atoms with E-state index in [4.69, 9.17) is 9.84 Å². The lowest BCUT2D eigenvalue weighted by atomic mass is 10.2. The molecule has 1 aliphatic heterocycles. The summed E-state index contributed by atoms with van der Waals surface area (Å²) in [7, 11) is 1.78. The fraction of sp³-hybridized carbons (Fsp3) is 0.571. The lowest BCUT2D eigenvalue weighted by molar-refractivity contribution is 0.107. The van der Waals surface area contributed by atoms with E-state index >= 15 is 0 Å². The molecular weight excluding hydrogens is 246 g/mol. The van der Waals surface area contributed by atoms with E-state index in [2.05, 4.69) is 28.2 Å². The van der Waals surface area contributed by atoms with Crippen molar-refractivity contribution in [3.63, 3.8) is 0 Å². The van der Waals surface area contributed by atoms with Gasteiger partial charge in [0.15, 0.2) is 0 Å². The maximum Gasteiger partial charge on any atom is 0.0710 e. The number of rotatable bonds is 4. The summed E-state index contributed by atoms with van der Waals surface area (Å²) in [5.74, 6) is 6.12. The van der Waals surface area contributed by atoms with Crippen LogP contribution in [0.25, 0.3) is 0 Å². The van der Waals surface area contributed by atoms with Crippen LogP contribution in [0.2, 0.25) is 0 Å². The Morgan fingerprint density at radius 2 is 2.50 bits per heavy atom. The SMILES string of the molecule is COC1CCN(Cc2sccc2C#CCCO)C1. The fourth-order valence-electron chi connectivity index (χ4n) is 2.12. The van der Waals surface area contributed by atoms with E-state index in [-0.39, 0.29) is 6.61 Å². The molecule has 0 amide bonds. The molecule has 2 rings (SSSR count). The van der Waals surface area contributed by atoms with E-state index in [0.29, 0.717) is 12.5 Å². The molecule has 0 aliphatic carbocycles. The van der Waals surface area contributed by atoms with Gasteiger partial charge in [-0.3, -0.25) is 4.90 Å². The van der Waals surface area contributed by atoms with Crippen molar-refractivity contribution >= 4 is 11.3 Å². The maximum absolute atomic E-state index is 8.73. The number of aliphatic hydroxyl groups is 1. The average Bonchev–Trinajstić information content (AvgIpc) is 3.00. The number of hydrogen-bond acceptors (Lipinski definition) is 4. The molecule has 0 bridgehead atoms. The highest BCUT2D eigenvalue weighted by Gasteiger charge is 2.22. The first kappa shape index (κ1) is 13.6. The zero-order valence-corrected chi connectivity index (χ0v) is 11.5. The van der Waals surface area contributed by atoms with Crippen LogP contribution >= 0.6 is 11.3 Å². The van der Waals surface area contributed by atoms with Crippen LogP contribution in [0.3, 0.4) is 0 Å². The number of hydrogen-bond donors (Lipinski definition) is 1. The summed E-state index contributed by atoms with van der Waals surface area (Å²) in [6.45, 7) is 3.20. The van der Waals surface area contributed by atoms with E-state index in [1.165, 1.54) is 4.88 Å². The molecule has 1 saturated heterocycles. The number of nitrogens with zero attached hydrogens (tertiary/aromatic N) is 1. The van der Waals surface area contributed by atoms with Crippen molar-refractivity contribution in [2.45, 2.75) is 25.5 Å². The van der Waals surface area contributed by atoms with Crippen molar-refractivity contribution in [1.29, 1.82) is 0 Å². The van der Waals surface area contributed by atoms with E-state index in [9.17, 15) is 0 Å². The Morgan fingerprint density at radius 1 is 1.61 bits per heavy atom. The van der Waals surface area contributed by atoms with Gasteiger partial charge in [0.2, 0.25) is 0 Å². The first-order chi connectivity index (χ1) is 8.83. The highest BCUT2D eigenvalue weighted by atomic mass is 32.1. The first-order valence-electron chi connectivity index (χ1n) is 6.24. The van der Waals surface area contributed by atoms with Crippen LogP contribution < -0.4 is 0 Å². The van der Waals surface area contributed by atoms with Crippen molar-refractivity contribution in [2.75, 3.05) is 26.8 Å². The van der Waals surface area contributed by atoms with E-state index in [1.54, 1.807) is 18.4 Å². The minimum Gasteiger partial charge on any atom is -0.395 e. The summed E-state index contributed by atoms with van der Waals surface area (Å²) >= 11 is 1.76. The van der Waals surface area contributed by atoms with Crippen molar-refractivity contribution in [3.05, 3.63) is 21.9 Å². The molecular formula is C14H19NO2S. The highest BCUT2D eigenvalue weighted by Crippen LogP contribution is 2.21.